The van der Waals surface area contributed by atoms with E-state index in [1.807, 2.05) is 0 Å². The molecule has 22 heavy (non-hydrogen) atoms. The van der Waals surface area contributed by atoms with E-state index in [2.05, 4.69) is 5.10 Å². The maximum Gasteiger partial charge on any atom is 0.278 e. The molecule has 0 saturated carbocycles. The molecule has 0 saturated heterocycles. The first-order valence-corrected chi connectivity index (χ1v) is 6.41. The highest BCUT2D eigenvalue weighted by atomic mass is 16.6. The van der Waals surface area contributed by atoms with Crippen molar-refractivity contribution in [2.75, 3.05) is 7.11 Å². The fourth-order valence-electron chi connectivity index (χ4n) is 2.15. The monoisotopic (exact) mass is 297 g/mol. The van der Waals surface area contributed by atoms with Crippen LogP contribution in [-0.2, 0) is 0 Å². The Morgan fingerprint density at radius 2 is 1.95 bits per heavy atom. The fourth-order valence-corrected chi connectivity index (χ4v) is 2.15. The Morgan fingerprint density at radius 1 is 1.23 bits per heavy atom. The van der Waals surface area contributed by atoms with E-state index >= 15 is 0 Å². The Morgan fingerprint density at radius 3 is 2.59 bits per heavy atom. The zero-order valence-corrected chi connectivity index (χ0v) is 11.6. The zero-order valence-electron chi connectivity index (χ0n) is 11.6. The van der Waals surface area contributed by atoms with E-state index in [0.717, 1.165) is 0 Å². The van der Waals surface area contributed by atoms with Crippen LogP contribution in [-0.4, -0.2) is 27.7 Å². The van der Waals surface area contributed by atoms with Crippen LogP contribution in [0.3, 0.4) is 0 Å². The van der Waals surface area contributed by atoms with Crippen molar-refractivity contribution in [1.29, 1.82) is 0 Å². The van der Waals surface area contributed by atoms with Gasteiger partial charge in [-0.3, -0.25) is 14.9 Å². The van der Waals surface area contributed by atoms with E-state index in [1.54, 1.807) is 31.4 Å². The molecular weight excluding hydrogens is 286 g/mol. The lowest BCUT2D eigenvalue weighted by Gasteiger charge is -2.04. The number of hydrogen-bond acceptors (Lipinski definition) is 5. The summed E-state index contributed by atoms with van der Waals surface area (Å²) in [5, 5.41) is 15.3. The molecule has 3 aromatic rings. The number of benzene rings is 2. The first-order valence-electron chi connectivity index (χ1n) is 6.41. The van der Waals surface area contributed by atoms with Crippen LogP contribution < -0.4 is 4.74 Å². The molecule has 0 unspecified atom stereocenters. The van der Waals surface area contributed by atoms with Gasteiger partial charge in [-0.15, -0.1) is 0 Å². The maximum absolute atomic E-state index is 12.5. The number of nitrogens with zero attached hydrogens (tertiary/aromatic N) is 3. The zero-order chi connectivity index (χ0) is 15.7. The van der Waals surface area contributed by atoms with Crippen molar-refractivity contribution in [1.82, 2.24) is 9.78 Å². The van der Waals surface area contributed by atoms with Crippen LogP contribution >= 0.6 is 0 Å². The number of nitro groups is 1. The Hall–Kier alpha value is -3.22. The molecule has 7 heteroatoms. The standard InChI is InChI=1S/C15H11N3O4/c1-22-13-5-2-10(3-6-13)15(19)17-14-7-4-12(18(20)21)8-11(14)9-16-17/h2-9H,1H3. The van der Waals surface area contributed by atoms with E-state index in [9.17, 15) is 14.9 Å². The number of aromatic nitrogens is 2. The molecule has 1 aromatic heterocycles. The molecule has 0 spiro atoms. The predicted molar refractivity (Wildman–Crippen MR) is 79.1 cm³/mol. The van der Waals surface area contributed by atoms with Gasteiger partial charge in [-0.1, -0.05) is 0 Å². The van der Waals surface area contributed by atoms with Crippen LogP contribution in [0.15, 0.2) is 48.7 Å². The Labute approximate surface area is 124 Å². The summed E-state index contributed by atoms with van der Waals surface area (Å²) < 4.78 is 6.27. The van der Waals surface area contributed by atoms with E-state index in [1.165, 1.54) is 29.1 Å². The molecule has 0 atom stereocenters. The molecule has 1 heterocycles. The topological polar surface area (TPSA) is 87.3 Å². The number of methoxy groups -OCH3 is 1. The van der Waals surface area contributed by atoms with Crippen LogP contribution in [0.2, 0.25) is 0 Å². The number of hydrogen-bond donors (Lipinski definition) is 0. The van der Waals surface area contributed by atoms with Crippen molar-refractivity contribution in [3.8, 4) is 5.75 Å². The molecule has 0 aliphatic rings. The van der Waals surface area contributed by atoms with Gasteiger partial charge in [0.25, 0.3) is 11.6 Å². The van der Waals surface area contributed by atoms with Crippen molar-refractivity contribution in [2.45, 2.75) is 0 Å². The van der Waals surface area contributed by atoms with E-state index in [4.69, 9.17) is 4.74 Å². The number of nitro benzene ring substituents is 1. The lowest BCUT2D eigenvalue weighted by molar-refractivity contribution is -0.384. The molecule has 0 amide bonds. The summed E-state index contributed by atoms with van der Waals surface area (Å²) in [7, 11) is 1.55. The Kier molecular flexibility index (Phi) is 3.30. The molecule has 2 aromatic carbocycles. The van der Waals surface area contributed by atoms with Gasteiger partial charge < -0.3 is 4.74 Å². The number of fused-ring (bicyclic) bond motifs is 1. The summed E-state index contributed by atoms with van der Waals surface area (Å²) in [6.07, 6.45) is 1.43. The molecule has 3 rings (SSSR count). The number of rotatable bonds is 3. The lowest BCUT2D eigenvalue weighted by Crippen LogP contribution is -2.13. The number of carbonyl (C=O) groups excluding carboxylic acids is 1. The van der Waals surface area contributed by atoms with E-state index in [0.29, 0.717) is 22.2 Å². The van der Waals surface area contributed by atoms with Crippen LogP contribution in [0, 0.1) is 10.1 Å². The van der Waals surface area contributed by atoms with Gasteiger partial charge in [0.2, 0.25) is 0 Å². The van der Waals surface area contributed by atoms with Crippen molar-refractivity contribution < 1.29 is 14.5 Å². The van der Waals surface area contributed by atoms with Gasteiger partial charge in [0, 0.05) is 23.1 Å². The Bertz CT molecular complexity index is 868. The fraction of sp³-hybridized carbons (Fsp3) is 0.0667. The molecule has 0 radical (unpaired) electrons. The van der Waals surface area contributed by atoms with E-state index in [-0.39, 0.29) is 11.6 Å². The van der Waals surface area contributed by atoms with Gasteiger partial charge in [-0.2, -0.15) is 9.78 Å². The van der Waals surface area contributed by atoms with Crippen molar-refractivity contribution in [3.05, 3.63) is 64.3 Å². The third kappa shape index (κ3) is 2.28. The third-order valence-corrected chi connectivity index (χ3v) is 3.29. The highest BCUT2D eigenvalue weighted by molar-refractivity contribution is 6.01. The Balaban J connectivity index is 2.01. The largest absolute Gasteiger partial charge is 0.497 e. The quantitative estimate of drug-likeness (QED) is 0.548. The SMILES string of the molecule is COc1ccc(C(=O)n2ncc3cc([N+](=O)[O-])ccc32)cc1. The summed E-state index contributed by atoms with van der Waals surface area (Å²) in [5.74, 6) is 0.337. The van der Waals surface area contributed by atoms with Gasteiger partial charge in [-0.05, 0) is 30.3 Å². The molecule has 0 aliphatic carbocycles. The first-order chi connectivity index (χ1) is 10.6. The summed E-state index contributed by atoms with van der Waals surface area (Å²) in [4.78, 5) is 22.7. The second kappa shape index (κ2) is 5.28. The number of non-ortho nitro benzene ring substituents is 1. The smallest absolute Gasteiger partial charge is 0.278 e. The average Bonchev–Trinajstić information content (AvgIpc) is 2.97. The second-order valence-corrected chi connectivity index (χ2v) is 4.59. The van der Waals surface area contributed by atoms with Crippen molar-refractivity contribution in [2.24, 2.45) is 0 Å². The summed E-state index contributed by atoms with van der Waals surface area (Å²) in [6.45, 7) is 0. The first kappa shape index (κ1) is 13.7. The summed E-state index contributed by atoms with van der Waals surface area (Å²) in [6, 6.07) is 10.9. The van der Waals surface area contributed by atoms with Crippen LogP contribution in [0.4, 0.5) is 5.69 Å². The van der Waals surface area contributed by atoms with Gasteiger partial charge in [0.1, 0.15) is 5.75 Å². The average molecular weight is 297 g/mol. The van der Waals surface area contributed by atoms with Gasteiger partial charge in [-0.25, -0.2) is 0 Å². The summed E-state index contributed by atoms with van der Waals surface area (Å²) >= 11 is 0. The summed E-state index contributed by atoms with van der Waals surface area (Å²) in [5.41, 5.74) is 0.930. The van der Waals surface area contributed by atoms with Crippen LogP contribution in [0.5, 0.6) is 5.75 Å². The molecule has 110 valence electrons. The molecule has 0 aliphatic heterocycles. The minimum Gasteiger partial charge on any atom is -0.497 e. The van der Waals surface area contributed by atoms with Gasteiger partial charge in [0.15, 0.2) is 0 Å². The van der Waals surface area contributed by atoms with Gasteiger partial charge >= 0.3 is 0 Å². The molecule has 0 bridgehead atoms. The van der Waals surface area contributed by atoms with Crippen LogP contribution in [0.1, 0.15) is 10.4 Å². The molecular formula is C15H11N3O4. The van der Waals surface area contributed by atoms with Crippen LogP contribution in [0.25, 0.3) is 10.9 Å². The molecule has 7 nitrogen and oxygen atoms in total. The second-order valence-electron chi connectivity index (χ2n) is 4.59. The van der Waals surface area contributed by atoms with E-state index < -0.39 is 4.92 Å². The predicted octanol–water partition coefficient (Wildman–Crippen LogP) is 2.64. The van der Waals surface area contributed by atoms with Gasteiger partial charge in [0.05, 0.1) is 23.7 Å². The number of carbonyl (C=O) groups is 1. The minimum atomic E-state index is -0.484. The molecule has 0 fully saturated rings. The highest BCUT2D eigenvalue weighted by Gasteiger charge is 2.15. The van der Waals surface area contributed by atoms with Crippen molar-refractivity contribution in [3.63, 3.8) is 0 Å². The minimum absolute atomic E-state index is 0.0380. The maximum atomic E-state index is 12.5. The normalized spacial score (nSPS) is 10.6. The highest BCUT2D eigenvalue weighted by Crippen LogP contribution is 2.21. The third-order valence-electron chi connectivity index (χ3n) is 3.29. The number of ether oxygens (including phenoxy) is 1. The molecule has 0 N–H and O–H groups in total. The van der Waals surface area contributed by atoms with Crippen molar-refractivity contribution >= 4 is 22.5 Å². The lowest BCUT2D eigenvalue weighted by atomic mass is 10.2.